The predicted molar refractivity (Wildman–Crippen MR) is 90.5 cm³/mol. The van der Waals surface area contributed by atoms with E-state index in [1.54, 1.807) is 25.3 Å². The summed E-state index contributed by atoms with van der Waals surface area (Å²) in [6, 6.07) is 4.26. The summed E-state index contributed by atoms with van der Waals surface area (Å²) in [7, 11) is -1.90. The largest absolute Gasteiger partial charge is 0.383 e. The Morgan fingerprint density at radius 1 is 1.26 bits per heavy atom. The highest BCUT2D eigenvalue weighted by atomic mass is 32.2. The number of carbonyl (C=O) groups is 1. The number of amides is 2. The van der Waals surface area contributed by atoms with E-state index in [9.17, 15) is 13.2 Å². The van der Waals surface area contributed by atoms with Gasteiger partial charge in [-0.15, -0.1) is 0 Å². The van der Waals surface area contributed by atoms with Crippen molar-refractivity contribution in [2.45, 2.75) is 38.1 Å². The highest BCUT2D eigenvalue weighted by Crippen LogP contribution is 2.17. The zero-order chi connectivity index (χ0) is 17.5. The number of rotatable bonds is 8. The molecule has 1 aromatic rings. The molecule has 2 N–H and O–H groups in total. The summed E-state index contributed by atoms with van der Waals surface area (Å²) in [5.41, 5.74) is 1.98. The lowest BCUT2D eigenvalue weighted by atomic mass is 10.1. The third kappa shape index (κ3) is 6.19. The number of aryl methyl sites for hydroxylation is 2. The van der Waals surface area contributed by atoms with Crippen LogP contribution in [0.4, 0.5) is 4.79 Å². The topological polar surface area (TPSA) is 84.5 Å². The minimum atomic E-state index is -3.45. The Balaban J connectivity index is 2.72. The Morgan fingerprint density at radius 3 is 2.52 bits per heavy atom. The third-order valence-electron chi connectivity index (χ3n) is 3.68. The summed E-state index contributed by atoms with van der Waals surface area (Å²) in [5, 5.41) is 5.31. The minimum Gasteiger partial charge on any atom is -0.383 e. The molecule has 0 fully saturated rings. The number of ether oxygens (including phenoxy) is 1. The van der Waals surface area contributed by atoms with E-state index in [1.165, 1.54) is 0 Å². The van der Waals surface area contributed by atoms with E-state index in [-0.39, 0.29) is 11.8 Å². The Labute approximate surface area is 138 Å². The zero-order valence-electron chi connectivity index (χ0n) is 14.2. The van der Waals surface area contributed by atoms with Crippen LogP contribution in [0.25, 0.3) is 0 Å². The predicted octanol–water partition coefficient (Wildman–Crippen LogP) is 1.80. The van der Waals surface area contributed by atoms with Crippen LogP contribution < -0.4 is 10.6 Å². The normalized spacial score (nSPS) is 12.7. The van der Waals surface area contributed by atoms with Crippen LogP contribution in [0.3, 0.4) is 0 Å². The molecule has 1 rings (SSSR count). The van der Waals surface area contributed by atoms with Crippen molar-refractivity contribution < 1.29 is 17.9 Å². The summed E-state index contributed by atoms with van der Waals surface area (Å²) in [4.78, 5) is 12.0. The van der Waals surface area contributed by atoms with Gasteiger partial charge in [0.2, 0.25) is 0 Å². The van der Waals surface area contributed by atoms with Crippen molar-refractivity contribution in [3.63, 3.8) is 0 Å². The van der Waals surface area contributed by atoms with Gasteiger partial charge in [-0.05, 0) is 43.5 Å². The standard InChI is InChI=1S/C16H26N2O4S/c1-5-14(18-16(19)17-8-9-22-4)11-23(20,21)15-7-6-12(2)13(3)10-15/h6-7,10,14H,5,8-9,11H2,1-4H3,(H2,17,18,19). The second-order valence-electron chi connectivity index (χ2n) is 5.53. The second-order valence-corrected chi connectivity index (χ2v) is 7.56. The SMILES string of the molecule is CCC(CS(=O)(=O)c1ccc(C)c(C)c1)NC(=O)NCCOC. The second kappa shape index (κ2) is 8.88. The van der Waals surface area contributed by atoms with E-state index in [4.69, 9.17) is 4.74 Å². The molecular formula is C16H26N2O4S. The highest BCUT2D eigenvalue weighted by Gasteiger charge is 2.22. The van der Waals surface area contributed by atoms with Crippen LogP contribution >= 0.6 is 0 Å². The van der Waals surface area contributed by atoms with Gasteiger partial charge in [-0.1, -0.05) is 13.0 Å². The molecule has 0 aromatic heterocycles. The number of methoxy groups -OCH3 is 1. The van der Waals surface area contributed by atoms with Crippen LogP contribution in [0, 0.1) is 13.8 Å². The lowest BCUT2D eigenvalue weighted by Gasteiger charge is -2.18. The molecule has 23 heavy (non-hydrogen) atoms. The van der Waals surface area contributed by atoms with Gasteiger partial charge in [-0.3, -0.25) is 0 Å². The van der Waals surface area contributed by atoms with Gasteiger partial charge in [-0.2, -0.15) is 0 Å². The fraction of sp³-hybridized carbons (Fsp3) is 0.562. The maximum atomic E-state index is 12.5. The summed E-state index contributed by atoms with van der Waals surface area (Å²) in [6.45, 7) is 6.45. The van der Waals surface area contributed by atoms with Crippen molar-refractivity contribution in [2.24, 2.45) is 0 Å². The van der Waals surface area contributed by atoms with Crippen LogP contribution in [0.5, 0.6) is 0 Å². The van der Waals surface area contributed by atoms with Crippen molar-refractivity contribution in [2.75, 3.05) is 26.0 Å². The van der Waals surface area contributed by atoms with Gasteiger partial charge in [0.25, 0.3) is 0 Å². The van der Waals surface area contributed by atoms with Crippen molar-refractivity contribution in [3.8, 4) is 0 Å². The van der Waals surface area contributed by atoms with Crippen LogP contribution in [-0.2, 0) is 14.6 Å². The van der Waals surface area contributed by atoms with Crippen molar-refractivity contribution in [3.05, 3.63) is 29.3 Å². The van der Waals surface area contributed by atoms with Gasteiger partial charge in [0.15, 0.2) is 9.84 Å². The number of nitrogens with one attached hydrogen (secondary N) is 2. The van der Waals surface area contributed by atoms with Gasteiger partial charge in [-0.25, -0.2) is 13.2 Å². The molecule has 0 heterocycles. The first-order chi connectivity index (χ1) is 10.8. The van der Waals surface area contributed by atoms with Crippen molar-refractivity contribution >= 4 is 15.9 Å². The van der Waals surface area contributed by atoms with Crippen LogP contribution in [0.1, 0.15) is 24.5 Å². The average Bonchev–Trinajstić information content (AvgIpc) is 2.49. The maximum Gasteiger partial charge on any atom is 0.315 e. The summed E-state index contributed by atoms with van der Waals surface area (Å²) in [5.74, 6) is -0.121. The fourth-order valence-corrected chi connectivity index (χ4v) is 3.71. The number of benzene rings is 1. The molecule has 1 aromatic carbocycles. The van der Waals surface area contributed by atoms with Crippen molar-refractivity contribution in [1.82, 2.24) is 10.6 Å². The molecule has 6 nitrogen and oxygen atoms in total. The van der Waals surface area contributed by atoms with Gasteiger partial charge in [0.1, 0.15) is 0 Å². The summed E-state index contributed by atoms with van der Waals surface area (Å²) < 4.78 is 29.9. The fourth-order valence-electron chi connectivity index (χ4n) is 2.03. The molecule has 1 unspecified atom stereocenters. The molecule has 130 valence electrons. The average molecular weight is 342 g/mol. The first kappa shape index (κ1) is 19.4. The molecular weight excluding hydrogens is 316 g/mol. The highest BCUT2D eigenvalue weighted by molar-refractivity contribution is 7.91. The van der Waals surface area contributed by atoms with Gasteiger partial charge >= 0.3 is 6.03 Å². The molecule has 7 heteroatoms. The Kier molecular flexibility index (Phi) is 7.51. The molecule has 0 saturated heterocycles. The van der Waals surface area contributed by atoms with E-state index in [2.05, 4.69) is 10.6 Å². The molecule has 0 aliphatic rings. The zero-order valence-corrected chi connectivity index (χ0v) is 15.0. The summed E-state index contributed by atoms with van der Waals surface area (Å²) >= 11 is 0. The monoisotopic (exact) mass is 342 g/mol. The molecule has 0 bridgehead atoms. The first-order valence-corrected chi connectivity index (χ1v) is 9.28. The molecule has 0 aliphatic carbocycles. The number of urea groups is 1. The van der Waals surface area contributed by atoms with Crippen LogP contribution in [-0.4, -0.2) is 46.5 Å². The maximum absolute atomic E-state index is 12.5. The Bertz CT molecular complexity index is 629. The van der Waals surface area contributed by atoms with E-state index in [0.29, 0.717) is 24.5 Å². The van der Waals surface area contributed by atoms with Gasteiger partial charge in [0.05, 0.1) is 17.3 Å². The number of sulfone groups is 1. The van der Waals surface area contributed by atoms with Crippen LogP contribution in [0.2, 0.25) is 0 Å². The molecule has 0 spiro atoms. The molecule has 0 saturated carbocycles. The summed E-state index contributed by atoms with van der Waals surface area (Å²) in [6.07, 6.45) is 0.530. The van der Waals surface area contributed by atoms with Crippen LogP contribution in [0.15, 0.2) is 23.1 Å². The molecule has 0 aliphatic heterocycles. The van der Waals surface area contributed by atoms with Crippen molar-refractivity contribution in [1.29, 1.82) is 0 Å². The third-order valence-corrected chi connectivity index (χ3v) is 5.49. The molecule has 0 radical (unpaired) electrons. The number of hydrogen-bond donors (Lipinski definition) is 2. The molecule has 1 atom stereocenters. The quantitative estimate of drug-likeness (QED) is 0.706. The first-order valence-electron chi connectivity index (χ1n) is 7.63. The van der Waals surface area contributed by atoms with E-state index in [0.717, 1.165) is 11.1 Å². The number of hydrogen-bond acceptors (Lipinski definition) is 4. The van der Waals surface area contributed by atoms with E-state index < -0.39 is 15.9 Å². The Hall–Kier alpha value is -1.60. The lowest BCUT2D eigenvalue weighted by molar-refractivity contribution is 0.195. The van der Waals surface area contributed by atoms with Gasteiger partial charge < -0.3 is 15.4 Å². The van der Waals surface area contributed by atoms with E-state index >= 15 is 0 Å². The minimum absolute atomic E-state index is 0.121. The molecule has 2 amide bonds. The lowest BCUT2D eigenvalue weighted by Crippen LogP contribution is -2.45. The number of carbonyl (C=O) groups excluding carboxylic acids is 1. The van der Waals surface area contributed by atoms with E-state index in [1.807, 2.05) is 20.8 Å². The Morgan fingerprint density at radius 2 is 1.96 bits per heavy atom. The smallest absolute Gasteiger partial charge is 0.315 e. The van der Waals surface area contributed by atoms with Gasteiger partial charge in [0, 0.05) is 19.7 Å².